The molecule has 0 bridgehead atoms. The summed E-state index contributed by atoms with van der Waals surface area (Å²) in [7, 11) is 0. The molecule has 114 valence electrons. The summed E-state index contributed by atoms with van der Waals surface area (Å²) < 4.78 is 11.3. The van der Waals surface area contributed by atoms with E-state index in [2.05, 4.69) is 9.97 Å². The zero-order chi connectivity index (χ0) is 14.9. The van der Waals surface area contributed by atoms with Crippen LogP contribution in [0.5, 0.6) is 0 Å². The molecule has 0 aromatic carbocycles. The lowest BCUT2D eigenvalue weighted by molar-refractivity contribution is 0.000337. The molecule has 0 N–H and O–H groups in total. The van der Waals surface area contributed by atoms with E-state index in [9.17, 15) is 4.79 Å². The third-order valence-corrected chi connectivity index (χ3v) is 4.47. The van der Waals surface area contributed by atoms with E-state index in [4.69, 9.17) is 9.15 Å². The van der Waals surface area contributed by atoms with Gasteiger partial charge in [0, 0.05) is 25.2 Å². The van der Waals surface area contributed by atoms with Crippen LogP contribution < -0.4 is 0 Å². The predicted octanol–water partition coefficient (Wildman–Crippen LogP) is 2.06. The Bertz CT molecular complexity index is 644. The third-order valence-electron chi connectivity index (χ3n) is 4.47. The summed E-state index contributed by atoms with van der Waals surface area (Å²) >= 11 is 0. The molecule has 4 heterocycles. The lowest BCUT2D eigenvalue weighted by Gasteiger charge is -2.33. The van der Waals surface area contributed by atoms with Crippen molar-refractivity contribution in [1.29, 1.82) is 0 Å². The number of amides is 1. The van der Waals surface area contributed by atoms with E-state index in [-0.39, 0.29) is 18.1 Å². The molecule has 2 fully saturated rings. The number of carbonyl (C=O) groups is 1. The summed E-state index contributed by atoms with van der Waals surface area (Å²) in [4.78, 5) is 22.5. The Morgan fingerprint density at radius 1 is 1.36 bits per heavy atom. The van der Waals surface area contributed by atoms with Gasteiger partial charge in [0.25, 0.3) is 5.91 Å². The number of hydrogen-bond donors (Lipinski definition) is 0. The highest BCUT2D eigenvalue weighted by molar-refractivity contribution is 5.91. The minimum Gasteiger partial charge on any atom is -0.459 e. The van der Waals surface area contributed by atoms with Gasteiger partial charge in [0.05, 0.1) is 18.1 Å². The second kappa shape index (κ2) is 5.53. The summed E-state index contributed by atoms with van der Waals surface area (Å²) in [6.07, 6.45) is 6.79. The number of likely N-dealkylation sites (tertiary alicyclic amines) is 1. The number of aromatic nitrogens is 2. The molecule has 1 amide bonds. The van der Waals surface area contributed by atoms with E-state index in [0.717, 1.165) is 18.5 Å². The van der Waals surface area contributed by atoms with E-state index in [0.29, 0.717) is 24.8 Å². The first-order chi connectivity index (χ1) is 10.8. The van der Waals surface area contributed by atoms with Crippen LogP contribution in [0.4, 0.5) is 0 Å². The molecule has 22 heavy (non-hydrogen) atoms. The van der Waals surface area contributed by atoms with Gasteiger partial charge in [-0.25, -0.2) is 9.97 Å². The molecule has 3 atom stereocenters. The van der Waals surface area contributed by atoms with E-state index < -0.39 is 0 Å². The van der Waals surface area contributed by atoms with Crippen LogP contribution in [0.2, 0.25) is 0 Å². The quantitative estimate of drug-likeness (QED) is 0.849. The van der Waals surface area contributed by atoms with Gasteiger partial charge in [-0.3, -0.25) is 4.79 Å². The van der Waals surface area contributed by atoms with Crippen molar-refractivity contribution in [2.24, 2.45) is 5.92 Å². The number of furan rings is 1. The molecule has 6 heteroatoms. The van der Waals surface area contributed by atoms with Crippen molar-refractivity contribution in [2.45, 2.75) is 25.0 Å². The number of nitrogens with zero attached hydrogens (tertiary/aromatic N) is 3. The van der Waals surface area contributed by atoms with Crippen molar-refractivity contribution in [1.82, 2.24) is 14.9 Å². The average Bonchev–Trinajstić information content (AvgIpc) is 3.23. The van der Waals surface area contributed by atoms with Gasteiger partial charge >= 0.3 is 0 Å². The van der Waals surface area contributed by atoms with Crippen molar-refractivity contribution in [3.05, 3.63) is 48.4 Å². The minimum absolute atomic E-state index is 0.0108. The van der Waals surface area contributed by atoms with E-state index in [1.165, 1.54) is 6.26 Å². The molecule has 2 aromatic rings. The molecular formula is C16H17N3O3. The van der Waals surface area contributed by atoms with Crippen molar-refractivity contribution in [2.75, 3.05) is 13.1 Å². The first kappa shape index (κ1) is 13.5. The molecular weight excluding hydrogens is 282 g/mol. The summed E-state index contributed by atoms with van der Waals surface area (Å²) in [5.74, 6) is 0.728. The second-order valence-corrected chi connectivity index (χ2v) is 5.81. The molecule has 2 aliphatic rings. The number of fused-ring (bicyclic) bond motifs is 1. The Morgan fingerprint density at radius 2 is 2.32 bits per heavy atom. The van der Waals surface area contributed by atoms with E-state index >= 15 is 0 Å². The van der Waals surface area contributed by atoms with Gasteiger partial charge in [0.2, 0.25) is 0 Å². The molecule has 0 unspecified atom stereocenters. The van der Waals surface area contributed by atoms with Crippen molar-refractivity contribution < 1.29 is 13.9 Å². The topological polar surface area (TPSA) is 68.5 Å². The van der Waals surface area contributed by atoms with Gasteiger partial charge < -0.3 is 14.1 Å². The monoisotopic (exact) mass is 299 g/mol. The zero-order valence-corrected chi connectivity index (χ0v) is 12.1. The molecule has 4 rings (SSSR count). The van der Waals surface area contributed by atoms with Crippen LogP contribution in [0.15, 0.2) is 41.4 Å². The summed E-state index contributed by atoms with van der Waals surface area (Å²) in [5.41, 5.74) is 0.924. The Labute approximate surface area is 128 Å². The maximum atomic E-state index is 12.4. The van der Waals surface area contributed by atoms with E-state index in [1.807, 2.05) is 11.0 Å². The van der Waals surface area contributed by atoms with Crippen LogP contribution in [0.1, 0.15) is 35.2 Å². The van der Waals surface area contributed by atoms with E-state index in [1.54, 1.807) is 24.7 Å². The van der Waals surface area contributed by atoms with Crippen molar-refractivity contribution >= 4 is 5.91 Å². The third kappa shape index (κ3) is 2.39. The molecule has 0 spiro atoms. The maximum absolute atomic E-state index is 12.4. The van der Waals surface area contributed by atoms with Crippen LogP contribution in [0.25, 0.3) is 0 Å². The molecule has 0 saturated carbocycles. The predicted molar refractivity (Wildman–Crippen MR) is 77.0 cm³/mol. The fraction of sp³-hybridized carbons (Fsp3) is 0.438. The van der Waals surface area contributed by atoms with Gasteiger partial charge in [-0.2, -0.15) is 0 Å². The molecule has 2 aliphatic heterocycles. The van der Waals surface area contributed by atoms with Crippen LogP contribution in [-0.2, 0) is 4.74 Å². The summed E-state index contributed by atoms with van der Waals surface area (Å²) in [6, 6.07) is 5.35. The smallest absolute Gasteiger partial charge is 0.289 e. The van der Waals surface area contributed by atoms with Crippen LogP contribution >= 0.6 is 0 Å². The highest BCUT2D eigenvalue weighted by Crippen LogP contribution is 2.40. The van der Waals surface area contributed by atoms with Crippen molar-refractivity contribution in [3.63, 3.8) is 0 Å². The van der Waals surface area contributed by atoms with Gasteiger partial charge in [-0.1, -0.05) is 0 Å². The molecule has 0 aliphatic carbocycles. The van der Waals surface area contributed by atoms with Crippen LogP contribution in [0.3, 0.4) is 0 Å². The minimum atomic E-state index is -0.0334. The van der Waals surface area contributed by atoms with Crippen LogP contribution in [0, 0.1) is 5.92 Å². The SMILES string of the molecule is O=C(c1ccco1)N1CC[C@@H]2O[C@@H](c3ccncn3)C[C@H]2C1. The molecule has 2 aromatic heterocycles. The number of hydrogen-bond acceptors (Lipinski definition) is 5. The fourth-order valence-corrected chi connectivity index (χ4v) is 3.38. The normalized spacial score (nSPS) is 27.6. The standard InChI is InChI=1S/C16H17N3O3/c20-16(14-2-1-7-21-14)19-6-4-13-11(9-19)8-15(22-13)12-3-5-17-10-18-12/h1-3,5,7,10-11,13,15H,4,6,8-9H2/t11-,13-,15+/m0/s1. The Morgan fingerprint density at radius 3 is 3.09 bits per heavy atom. The molecule has 0 radical (unpaired) electrons. The highest BCUT2D eigenvalue weighted by Gasteiger charge is 2.41. The molecule has 6 nitrogen and oxygen atoms in total. The average molecular weight is 299 g/mol. The Balaban J connectivity index is 1.45. The van der Waals surface area contributed by atoms with Crippen LogP contribution in [-0.4, -0.2) is 40.0 Å². The number of ether oxygens (including phenoxy) is 1. The van der Waals surface area contributed by atoms with Gasteiger partial charge in [0.15, 0.2) is 5.76 Å². The molecule has 2 saturated heterocycles. The number of carbonyl (C=O) groups excluding carboxylic acids is 1. The van der Waals surface area contributed by atoms with Gasteiger partial charge in [0.1, 0.15) is 12.4 Å². The zero-order valence-electron chi connectivity index (χ0n) is 12.1. The number of rotatable bonds is 2. The fourth-order valence-electron chi connectivity index (χ4n) is 3.38. The highest BCUT2D eigenvalue weighted by atomic mass is 16.5. The van der Waals surface area contributed by atoms with Gasteiger partial charge in [-0.15, -0.1) is 0 Å². The lowest BCUT2D eigenvalue weighted by Crippen LogP contribution is -2.44. The largest absolute Gasteiger partial charge is 0.459 e. The summed E-state index contributed by atoms with van der Waals surface area (Å²) in [6.45, 7) is 1.42. The summed E-state index contributed by atoms with van der Waals surface area (Å²) in [5, 5.41) is 0. The first-order valence-electron chi connectivity index (χ1n) is 7.55. The Hall–Kier alpha value is -2.21. The lowest BCUT2D eigenvalue weighted by atomic mass is 9.92. The second-order valence-electron chi connectivity index (χ2n) is 5.81. The van der Waals surface area contributed by atoms with Gasteiger partial charge in [-0.05, 0) is 31.0 Å². The Kier molecular flexibility index (Phi) is 3.38. The van der Waals surface area contributed by atoms with Crippen molar-refractivity contribution in [3.8, 4) is 0 Å². The first-order valence-corrected chi connectivity index (χ1v) is 7.55. The number of piperidine rings is 1. The maximum Gasteiger partial charge on any atom is 0.289 e.